The molecule has 0 spiro atoms. The van der Waals surface area contributed by atoms with Crippen molar-refractivity contribution in [3.63, 3.8) is 0 Å². The van der Waals surface area contributed by atoms with E-state index in [-0.39, 0.29) is 17.4 Å². The van der Waals surface area contributed by atoms with Gasteiger partial charge in [0.05, 0.1) is 12.6 Å². The average molecular weight is 381 g/mol. The minimum Gasteiger partial charge on any atom is -0.342 e. The number of nitrogens with one attached hydrogen (secondary N) is 1. The zero-order chi connectivity index (χ0) is 19.5. The Morgan fingerprint density at radius 1 is 1.07 bits per heavy atom. The number of benzene rings is 2. The first-order chi connectivity index (χ1) is 13.6. The topological polar surface area (TPSA) is 49.0 Å². The van der Waals surface area contributed by atoms with Crippen LogP contribution in [-0.2, 0) is 11.2 Å². The molecule has 1 fully saturated rings. The lowest BCUT2D eigenvalue weighted by molar-refractivity contribution is -0.131. The van der Waals surface area contributed by atoms with E-state index in [9.17, 15) is 13.6 Å². The first-order valence-corrected chi connectivity index (χ1v) is 9.42. The molecule has 0 aliphatic carbocycles. The van der Waals surface area contributed by atoms with Crippen molar-refractivity contribution in [3.8, 4) is 11.1 Å². The maximum Gasteiger partial charge on any atom is 0.226 e. The standard InChI is InChI=1S/C22H21F2N3O/c23-21-18(6-7-19(22(21)24)17-13-25-26-14-17)16-8-10-27(11-9-16)20(28)12-15-4-2-1-3-5-15/h1-7,13-14,16H,8-12H2,(H,25,26). The van der Waals surface area contributed by atoms with Gasteiger partial charge in [0.15, 0.2) is 11.6 Å². The van der Waals surface area contributed by atoms with Gasteiger partial charge < -0.3 is 4.90 Å². The Morgan fingerprint density at radius 2 is 1.82 bits per heavy atom. The van der Waals surface area contributed by atoms with Crippen molar-refractivity contribution in [2.24, 2.45) is 0 Å². The van der Waals surface area contributed by atoms with Gasteiger partial charge in [-0.1, -0.05) is 42.5 Å². The quantitative estimate of drug-likeness (QED) is 0.732. The molecule has 1 aromatic heterocycles. The zero-order valence-electron chi connectivity index (χ0n) is 15.4. The summed E-state index contributed by atoms with van der Waals surface area (Å²) in [6.45, 7) is 1.11. The van der Waals surface area contributed by atoms with Gasteiger partial charge in [-0.15, -0.1) is 0 Å². The molecule has 0 bridgehead atoms. The van der Waals surface area contributed by atoms with Crippen LogP contribution in [0.2, 0.25) is 0 Å². The fraction of sp³-hybridized carbons (Fsp3) is 0.273. The summed E-state index contributed by atoms with van der Waals surface area (Å²) in [7, 11) is 0. The molecule has 1 amide bonds. The fourth-order valence-corrected chi connectivity index (χ4v) is 3.82. The lowest BCUT2D eigenvalue weighted by Crippen LogP contribution is -2.39. The molecule has 4 nitrogen and oxygen atoms in total. The molecule has 1 aliphatic rings. The van der Waals surface area contributed by atoms with E-state index in [1.54, 1.807) is 12.1 Å². The number of aromatic nitrogens is 2. The molecule has 2 heterocycles. The molecule has 0 radical (unpaired) electrons. The van der Waals surface area contributed by atoms with Crippen molar-refractivity contribution in [2.75, 3.05) is 13.1 Å². The average Bonchev–Trinajstić information content (AvgIpc) is 3.25. The highest BCUT2D eigenvalue weighted by Gasteiger charge is 2.27. The number of hydrogen-bond acceptors (Lipinski definition) is 2. The van der Waals surface area contributed by atoms with Gasteiger partial charge in [-0.05, 0) is 29.9 Å². The maximum absolute atomic E-state index is 14.7. The minimum atomic E-state index is -0.846. The highest BCUT2D eigenvalue weighted by molar-refractivity contribution is 5.78. The molecule has 3 aromatic rings. The van der Waals surface area contributed by atoms with Crippen molar-refractivity contribution >= 4 is 5.91 Å². The molecule has 28 heavy (non-hydrogen) atoms. The van der Waals surface area contributed by atoms with E-state index in [1.807, 2.05) is 35.2 Å². The van der Waals surface area contributed by atoms with Gasteiger partial charge in [-0.2, -0.15) is 5.10 Å². The number of amides is 1. The van der Waals surface area contributed by atoms with E-state index in [1.165, 1.54) is 12.4 Å². The summed E-state index contributed by atoms with van der Waals surface area (Å²) in [6.07, 6.45) is 4.63. The third-order valence-corrected chi connectivity index (χ3v) is 5.41. The zero-order valence-corrected chi connectivity index (χ0v) is 15.4. The monoisotopic (exact) mass is 381 g/mol. The number of rotatable bonds is 4. The molecular formula is C22H21F2N3O. The number of halogens is 2. The summed E-state index contributed by atoms with van der Waals surface area (Å²) >= 11 is 0. The van der Waals surface area contributed by atoms with Crippen LogP contribution in [0, 0.1) is 11.6 Å². The summed E-state index contributed by atoms with van der Waals surface area (Å²) in [5.74, 6) is -1.66. The predicted octanol–water partition coefficient (Wildman–Crippen LogP) is 4.30. The van der Waals surface area contributed by atoms with Gasteiger partial charge in [-0.3, -0.25) is 9.89 Å². The van der Waals surface area contributed by atoms with E-state index < -0.39 is 11.6 Å². The van der Waals surface area contributed by atoms with Crippen molar-refractivity contribution in [3.05, 3.63) is 77.6 Å². The van der Waals surface area contributed by atoms with Crippen LogP contribution in [0.1, 0.15) is 29.9 Å². The Hall–Kier alpha value is -3.02. The number of carbonyl (C=O) groups is 1. The molecule has 0 saturated carbocycles. The third kappa shape index (κ3) is 3.67. The SMILES string of the molecule is O=C(Cc1ccccc1)N1CCC(c2ccc(-c3cn[nH]c3)c(F)c2F)CC1. The van der Waals surface area contributed by atoms with Gasteiger partial charge in [0.2, 0.25) is 5.91 Å². The normalized spacial score (nSPS) is 15.0. The Kier molecular flexibility index (Phi) is 5.19. The second-order valence-corrected chi connectivity index (χ2v) is 7.13. The maximum atomic E-state index is 14.7. The predicted molar refractivity (Wildman–Crippen MR) is 103 cm³/mol. The first-order valence-electron chi connectivity index (χ1n) is 9.42. The number of carbonyl (C=O) groups excluding carboxylic acids is 1. The highest BCUT2D eigenvalue weighted by Crippen LogP contribution is 2.34. The molecule has 6 heteroatoms. The van der Waals surface area contributed by atoms with Gasteiger partial charge in [0, 0.05) is 30.4 Å². The lowest BCUT2D eigenvalue weighted by Gasteiger charge is -2.32. The lowest BCUT2D eigenvalue weighted by atomic mass is 9.87. The second kappa shape index (κ2) is 7.92. The van der Waals surface area contributed by atoms with Crippen LogP contribution in [0.25, 0.3) is 11.1 Å². The smallest absolute Gasteiger partial charge is 0.226 e. The number of piperidine rings is 1. The molecule has 1 saturated heterocycles. The van der Waals surface area contributed by atoms with Gasteiger partial charge >= 0.3 is 0 Å². The Labute approximate surface area is 162 Å². The summed E-state index contributed by atoms with van der Waals surface area (Å²) in [4.78, 5) is 14.3. The van der Waals surface area contributed by atoms with Gasteiger partial charge in [0.25, 0.3) is 0 Å². The number of nitrogens with zero attached hydrogens (tertiary/aromatic N) is 2. The fourth-order valence-electron chi connectivity index (χ4n) is 3.82. The molecule has 1 N–H and O–H groups in total. The largest absolute Gasteiger partial charge is 0.342 e. The summed E-state index contributed by atoms with van der Waals surface area (Å²) < 4.78 is 29.2. The summed E-state index contributed by atoms with van der Waals surface area (Å²) in [6, 6.07) is 12.9. The molecule has 4 rings (SSSR count). The van der Waals surface area contributed by atoms with Crippen LogP contribution < -0.4 is 0 Å². The molecule has 0 atom stereocenters. The van der Waals surface area contributed by atoms with Crippen molar-refractivity contribution in [2.45, 2.75) is 25.2 Å². The van der Waals surface area contributed by atoms with Crippen LogP contribution in [0.5, 0.6) is 0 Å². The van der Waals surface area contributed by atoms with Crippen molar-refractivity contribution in [1.29, 1.82) is 0 Å². The minimum absolute atomic E-state index is 0.0756. The summed E-state index contributed by atoms with van der Waals surface area (Å²) in [5.41, 5.74) is 2.09. The van der Waals surface area contributed by atoms with Crippen LogP contribution in [0.4, 0.5) is 8.78 Å². The molecule has 2 aromatic carbocycles. The van der Waals surface area contributed by atoms with E-state index in [4.69, 9.17) is 0 Å². The highest BCUT2D eigenvalue weighted by atomic mass is 19.2. The van der Waals surface area contributed by atoms with E-state index in [0.29, 0.717) is 43.5 Å². The Balaban J connectivity index is 1.42. The van der Waals surface area contributed by atoms with Crippen LogP contribution >= 0.6 is 0 Å². The van der Waals surface area contributed by atoms with E-state index >= 15 is 0 Å². The van der Waals surface area contributed by atoms with Crippen molar-refractivity contribution < 1.29 is 13.6 Å². The van der Waals surface area contributed by atoms with E-state index in [2.05, 4.69) is 10.2 Å². The number of hydrogen-bond donors (Lipinski definition) is 1. The molecule has 0 unspecified atom stereocenters. The van der Waals surface area contributed by atoms with E-state index in [0.717, 1.165) is 5.56 Å². The van der Waals surface area contributed by atoms with Crippen LogP contribution in [-0.4, -0.2) is 34.1 Å². The van der Waals surface area contributed by atoms with Gasteiger partial charge in [-0.25, -0.2) is 8.78 Å². The molecular weight excluding hydrogens is 360 g/mol. The second-order valence-electron chi connectivity index (χ2n) is 7.13. The Bertz CT molecular complexity index is 949. The third-order valence-electron chi connectivity index (χ3n) is 5.41. The number of likely N-dealkylation sites (tertiary alicyclic amines) is 1. The Morgan fingerprint density at radius 3 is 2.50 bits per heavy atom. The number of H-pyrrole nitrogens is 1. The van der Waals surface area contributed by atoms with Gasteiger partial charge in [0.1, 0.15) is 0 Å². The summed E-state index contributed by atoms with van der Waals surface area (Å²) in [5, 5.41) is 6.39. The van der Waals surface area contributed by atoms with Crippen LogP contribution in [0.3, 0.4) is 0 Å². The first kappa shape index (κ1) is 18.3. The van der Waals surface area contributed by atoms with Crippen molar-refractivity contribution in [1.82, 2.24) is 15.1 Å². The molecule has 1 aliphatic heterocycles. The number of aromatic amines is 1. The van der Waals surface area contributed by atoms with Crippen LogP contribution in [0.15, 0.2) is 54.9 Å². The molecule has 144 valence electrons.